The maximum Gasteiger partial charge on any atom is 0.319 e. The maximum absolute atomic E-state index is 11.8. The zero-order valence-electron chi connectivity index (χ0n) is 18.5. The Morgan fingerprint density at radius 2 is 1.93 bits per heavy atom. The lowest BCUT2D eigenvalue weighted by Crippen LogP contribution is -2.46. The topological polar surface area (TPSA) is 81.2 Å². The number of aliphatic imine (C=N–C) groups is 1. The van der Waals surface area contributed by atoms with Crippen LogP contribution in [0.2, 0.25) is 0 Å². The van der Waals surface area contributed by atoms with Crippen LogP contribution in [0.1, 0.15) is 32.8 Å². The van der Waals surface area contributed by atoms with Gasteiger partial charge in [-0.2, -0.15) is 0 Å². The van der Waals surface area contributed by atoms with Crippen molar-refractivity contribution in [2.75, 3.05) is 51.3 Å². The number of hydrogen-bond donors (Lipinski definition) is 3. The Hall–Kier alpha value is -2.32. The molecule has 3 N–H and O–H groups in total. The first-order valence-electron chi connectivity index (χ1n) is 11.1. The third kappa shape index (κ3) is 6.60. The van der Waals surface area contributed by atoms with E-state index in [1.807, 2.05) is 38.1 Å². The molecule has 166 valence electrons. The van der Waals surface area contributed by atoms with Gasteiger partial charge < -0.3 is 25.6 Å². The summed E-state index contributed by atoms with van der Waals surface area (Å²) in [6, 6.07) is 8.37. The van der Waals surface area contributed by atoms with Crippen LogP contribution >= 0.6 is 0 Å². The molecule has 3 rings (SSSR count). The summed E-state index contributed by atoms with van der Waals surface area (Å²) in [5, 5.41) is 9.11. The first-order chi connectivity index (χ1) is 14.5. The largest absolute Gasteiger partial charge is 0.379 e. The van der Waals surface area contributed by atoms with E-state index in [0.29, 0.717) is 12.6 Å². The third-order valence-electron chi connectivity index (χ3n) is 5.40. The van der Waals surface area contributed by atoms with Gasteiger partial charge in [-0.15, -0.1) is 0 Å². The monoisotopic (exact) mass is 416 g/mol. The van der Waals surface area contributed by atoms with Crippen LogP contribution in [0.15, 0.2) is 29.3 Å². The molecule has 2 saturated heterocycles. The Morgan fingerprint density at radius 3 is 2.60 bits per heavy atom. The predicted molar refractivity (Wildman–Crippen MR) is 121 cm³/mol. The molecule has 0 aromatic heterocycles. The fraction of sp³-hybridized carbons (Fsp3) is 0.636. The fourth-order valence-electron chi connectivity index (χ4n) is 3.89. The smallest absolute Gasteiger partial charge is 0.319 e. The van der Waals surface area contributed by atoms with Gasteiger partial charge in [0, 0.05) is 50.5 Å². The van der Waals surface area contributed by atoms with Gasteiger partial charge in [0.2, 0.25) is 0 Å². The summed E-state index contributed by atoms with van der Waals surface area (Å²) in [6.07, 6.45) is 1.17. The van der Waals surface area contributed by atoms with Crippen molar-refractivity contribution in [3.63, 3.8) is 0 Å². The van der Waals surface area contributed by atoms with Crippen LogP contribution in [0.25, 0.3) is 0 Å². The summed E-state index contributed by atoms with van der Waals surface area (Å²) in [6.45, 7) is 13.2. The van der Waals surface area contributed by atoms with Crippen molar-refractivity contribution in [3.05, 3.63) is 29.8 Å². The number of rotatable bonds is 6. The molecule has 1 aromatic carbocycles. The molecule has 1 aromatic rings. The number of morpholine rings is 1. The second-order valence-corrected chi connectivity index (χ2v) is 8.16. The Bertz CT molecular complexity index is 700. The quantitative estimate of drug-likeness (QED) is 0.489. The molecule has 1 atom stereocenters. The summed E-state index contributed by atoms with van der Waals surface area (Å²) >= 11 is 0. The standard InChI is InChI=1S/C22H36N6O2/c1-4-23-21(28-10-9-20(16-28)27-11-13-30-14-12-27)24-15-18-5-7-19(8-6-18)26-22(29)25-17(2)3/h5-8,17,20H,4,9-16H2,1-3H3,(H,23,24)(H2,25,26,29). The third-order valence-corrected chi connectivity index (χ3v) is 5.40. The van der Waals surface area contributed by atoms with E-state index in [4.69, 9.17) is 9.73 Å². The average Bonchev–Trinajstić information content (AvgIpc) is 3.22. The summed E-state index contributed by atoms with van der Waals surface area (Å²) in [4.78, 5) is 21.6. The molecule has 1 unspecified atom stereocenters. The number of carbonyl (C=O) groups is 1. The highest BCUT2D eigenvalue weighted by atomic mass is 16.5. The van der Waals surface area contributed by atoms with E-state index in [-0.39, 0.29) is 12.1 Å². The van der Waals surface area contributed by atoms with Crippen LogP contribution in [0, 0.1) is 0 Å². The summed E-state index contributed by atoms with van der Waals surface area (Å²) in [5.74, 6) is 0.978. The van der Waals surface area contributed by atoms with E-state index >= 15 is 0 Å². The molecular formula is C22H36N6O2. The van der Waals surface area contributed by atoms with Gasteiger partial charge in [0.25, 0.3) is 0 Å². The Kier molecular flexibility index (Phi) is 8.33. The van der Waals surface area contributed by atoms with Gasteiger partial charge in [0.1, 0.15) is 0 Å². The van der Waals surface area contributed by atoms with Crippen molar-refractivity contribution < 1.29 is 9.53 Å². The molecule has 2 fully saturated rings. The summed E-state index contributed by atoms with van der Waals surface area (Å²) in [5.41, 5.74) is 1.89. The highest BCUT2D eigenvalue weighted by Gasteiger charge is 2.30. The van der Waals surface area contributed by atoms with Crippen LogP contribution in [-0.4, -0.2) is 79.8 Å². The number of nitrogens with one attached hydrogen (secondary N) is 3. The lowest BCUT2D eigenvalue weighted by Gasteiger charge is -2.32. The molecule has 30 heavy (non-hydrogen) atoms. The minimum Gasteiger partial charge on any atom is -0.379 e. The van der Waals surface area contributed by atoms with Gasteiger partial charge in [-0.1, -0.05) is 12.1 Å². The fourth-order valence-corrected chi connectivity index (χ4v) is 3.89. The molecule has 2 amide bonds. The number of ether oxygens (including phenoxy) is 1. The molecule has 8 nitrogen and oxygen atoms in total. The SMILES string of the molecule is CCNC(=NCc1ccc(NC(=O)NC(C)C)cc1)N1CCC(N2CCOCC2)C1. The number of likely N-dealkylation sites (tertiary alicyclic amines) is 1. The van der Waals surface area contributed by atoms with Crippen LogP contribution in [-0.2, 0) is 11.3 Å². The van der Waals surface area contributed by atoms with Crippen LogP contribution in [0.5, 0.6) is 0 Å². The highest BCUT2D eigenvalue weighted by Crippen LogP contribution is 2.17. The number of guanidine groups is 1. The lowest BCUT2D eigenvalue weighted by molar-refractivity contribution is 0.0195. The molecule has 0 aliphatic carbocycles. The number of amides is 2. The van der Waals surface area contributed by atoms with Crippen molar-refractivity contribution in [2.45, 2.75) is 45.8 Å². The van der Waals surface area contributed by atoms with Crippen LogP contribution in [0.3, 0.4) is 0 Å². The Labute approximate surface area is 180 Å². The van der Waals surface area contributed by atoms with Gasteiger partial charge in [0.05, 0.1) is 19.8 Å². The molecule has 8 heteroatoms. The van der Waals surface area contributed by atoms with Crippen molar-refractivity contribution in [3.8, 4) is 0 Å². The van der Waals surface area contributed by atoms with Crippen molar-refractivity contribution in [1.82, 2.24) is 20.4 Å². The van der Waals surface area contributed by atoms with E-state index < -0.39 is 0 Å². The number of carbonyl (C=O) groups excluding carboxylic acids is 1. The number of nitrogens with zero attached hydrogens (tertiary/aromatic N) is 3. The minimum absolute atomic E-state index is 0.108. The molecule has 0 bridgehead atoms. The first-order valence-corrected chi connectivity index (χ1v) is 11.1. The molecule has 2 heterocycles. The van der Waals surface area contributed by atoms with Crippen molar-refractivity contribution in [1.29, 1.82) is 0 Å². The number of urea groups is 1. The van der Waals surface area contributed by atoms with Gasteiger partial charge in [0.15, 0.2) is 5.96 Å². The summed E-state index contributed by atoms with van der Waals surface area (Å²) in [7, 11) is 0. The predicted octanol–water partition coefficient (Wildman–Crippen LogP) is 2.09. The lowest BCUT2D eigenvalue weighted by atomic mass is 10.2. The van der Waals surface area contributed by atoms with E-state index in [2.05, 4.69) is 32.7 Å². The van der Waals surface area contributed by atoms with Crippen molar-refractivity contribution >= 4 is 17.7 Å². The molecule has 0 radical (unpaired) electrons. The van der Waals surface area contributed by atoms with Crippen molar-refractivity contribution in [2.24, 2.45) is 4.99 Å². The normalized spacial score (nSPS) is 20.5. The number of benzene rings is 1. The van der Waals surface area contributed by atoms with E-state index in [9.17, 15) is 4.79 Å². The van der Waals surface area contributed by atoms with Crippen LogP contribution in [0.4, 0.5) is 10.5 Å². The van der Waals surface area contributed by atoms with E-state index in [1.165, 1.54) is 6.42 Å². The Morgan fingerprint density at radius 1 is 1.20 bits per heavy atom. The average molecular weight is 417 g/mol. The molecule has 2 aliphatic rings. The summed E-state index contributed by atoms with van der Waals surface area (Å²) < 4.78 is 5.49. The number of anilines is 1. The van der Waals surface area contributed by atoms with Gasteiger partial charge >= 0.3 is 6.03 Å². The second kappa shape index (κ2) is 11.2. The number of hydrogen-bond acceptors (Lipinski definition) is 4. The van der Waals surface area contributed by atoms with Gasteiger partial charge in [-0.05, 0) is 44.9 Å². The molecule has 0 saturated carbocycles. The first kappa shape index (κ1) is 22.4. The van der Waals surface area contributed by atoms with E-state index in [0.717, 1.165) is 63.1 Å². The van der Waals surface area contributed by atoms with Gasteiger partial charge in [-0.3, -0.25) is 4.90 Å². The minimum atomic E-state index is -0.186. The highest BCUT2D eigenvalue weighted by molar-refractivity contribution is 5.89. The second-order valence-electron chi connectivity index (χ2n) is 8.16. The van der Waals surface area contributed by atoms with Gasteiger partial charge in [-0.25, -0.2) is 9.79 Å². The zero-order chi connectivity index (χ0) is 21.3. The zero-order valence-corrected chi connectivity index (χ0v) is 18.5. The van der Waals surface area contributed by atoms with Crippen LogP contribution < -0.4 is 16.0 Å². The molecular weight excluding hydrogens is 380 g/mol. The maximum atomic E-state index is 11.8. The Balaban J connectivity index is 1.55. The van der Waals surface area contributed by atoms with E-state index in [1.54, 1.807) is 0 Å². The molecule has 2 aliphatic heterocycles. The molecule has 0 spiro atoms.